The van der Waals surface area contributed by atoms with Crippen LogP contribution in [-0.4, -0.2) is 13.1 Å². The van der Waals surface area contributed by atoms with Crippen molar-refractivity contribution in [2.75, 3.05) is 7.11 Å². The van der Waals surface area contributed by atoms with Gasteiger partial charge in [-0.15, -0.1) is 0 Å². The Hall–Kier alpha value is -3.88. The number of esters is 1. The predicted octanol–water partition coefficient (Wildman–Crippen LogP) is 6.17. The van der Waals surface area contributed by atoms with E-state index in [0.717, 1.165) is 5.56 Å². The van der Waals surface area contributed by atoms with Crippen molar-refractivity contribution in [1.29, 1.82) is 5.26 Å². The van der Waals surface area contributed by atoms with Crippen molar-refractivity contribution in [1.82, 2.24) is 0 Å². The average molecular weight is 434 g/mol. The van der Waals surface area contributed by atoms with E-state index >= 15 is 0 Å². The zero-order valence-corrected chi connectivity index (χ0v) is 17.3. The summed E-state index contributed by atoms with van der Waals surface area (Å²) in [5, 5.41) is 10.0. The Balaban J connectivity index is 1.79. The van der Waals surface area contributed by atoms with Gasteiger partial charge in [0.05, 0.1) is 18.8 Å². The lowest BCUT2D eigenvalue weighted by molar-refractivity contribution is -0.129. The first-order chi connectivity index (χ1) is 15.0. The van der Waals surface area contributed by atoms with E-state index < -0.39 is 11.8 Å². The highest BCUT2D eigenvalue weighted by molar-refractivity contribution is 6.30. The standard InChI is InChI=1S/C25H17ClFNO3/c1-30-24-15-18(14-19(16-28)21-4-2-3-5-22(21)27)8-12-23(24)31-25(29)13-9-17-6-10-20(26)11-7-17/h2-15H,1H3/b13-9+,19-14-. The molecule has 3 aromatic rings. The molecule has 0 fully saturated rings. The van der Waals surface area contributed by atoms with Crippen LogP contribution in [0.1, 0.15) is 16.7 Å². The highest BCUT2D eigenvalue weighted by Gasteiger charge is 2.11. The Kier molecular flexibility index (Phi) is 7.21. The molecule has 3 aromatic carbocycles. The SMILES string of the molecule is COc1cc(/C=C(/C#N)c2ccccc2F)ccc1OC(=O)/C=C/c1ccc(Cl)cc1. The van der Waals surface area contributed by atoms with Gasteiger partial charge in [0.25, 0.3) is 0 Å². The minimum absolute atomic E-state index is 0.163. The third kappa shape index (κ3) is 5.81. The zero-order chi connectivity index (χ0) is 22.2. The lowest BCUT2D eigenvalue weighted by Crippen LogP contribution is -2.05. The normalized spacial score (nSPS) is 11.2. The topological polar surface area (TPSA) is 59.3 Å². The van der Waals surface area contributed by atoms with E-state index in [0.29, 0.717) is 16.3 Å². The molecular formula is C25H17ClFNO3. The Morgan fingerprint density at radius 1 is 1.03 bits per heavy atom. The minimum atomic E-state index is -0.583. The summed E-state index contributed by atoms with van der Waals surface area (Å²) in [6.07, 6.45) is 4.44. The number of halogens is 2. The summed E-state index contributed by atoms with van der Waals surface area (Å²) in [4.78, 5) is 12.2. The molecule has 0 aliphatic heterocycles. The first-order valence-electron chi connectivity index (χ1n) is 9.20. The molecule has 0 unspecified atom stereocenters. The number of benzene rings is 3. The van der Waals surface area contributed by atoms with Crippen molar-refractivity contribution in [2.24, 2.45) is 0 Å². The van der Waals surface area contributed by atoms with Gasteiger partial charge in [0.2, 0.25) is 0 Å². The van der Waals surface area contributed by atoms with Crippen LogP contribution in [0.5, 0.6) is 11.5 Å². The van der Waals surface area contributed by atoms with Crippen molar-refractivity contribution in [2.45, 2.75) is 0 Å². The summed E-state index contributed by atoms with van der Waals surface area (Å²) in [6.45, 7) is 0. The third-order valence-corrected chi connectivity index (χ3v) is 4.53. The van der Waals surface area contributed by atoms with E-state index in [4.69, 9.17) is 21.1 Å². The van der Waals surface area contributed by atoms with Gasteiger partial charge in [0.15, 0.2) is 11.5 Å². The molecule has 154 valence electrons. The molecule has 6 heteroatoms. The van der Waals surface area contributed by atoms with E-state index in [9.17, 15) is 14.4 Å². The van der Waals surface area contributed by atoms with Crippen LogP contribution in [0.4, 0.5) is 4.39 Å². The van der Waals surface area contributed by atoms with E-state index in [1.54, 1.807) is 60.7 Å². The molecule has 0 aliphatic rings. The number of methoxy groups -OCH3 is 1. The number of carbonyl (C=O) groups is 1. The second-order valence-electron chi connectivity index (χ2n) is 6.37. The highest BCUT2D eigenvalue weighted by Crippen LogP contribution is 2.30. The van der Waals surface area contributed by atoms with Crippen LogP contribution >= 0.6 is 11.6 Å². The van der Waals surface area contributed by atoms with E-state index in [-0.39, 0.29) is 16.9 Å². The number of hydrogen-bond acceptors (Lipinski definition) is 4. The van der Waals surface area contributed by atoms with Crippen LogP contribution in [0.25, 0.3) is 17.7 Å². The van der Waals surface area contributed by atoms with Gasteiger partial charge in [0, 0.05) is 16.7 Å². The molecule has 0 aromatic heterocycles. The maximum Gasteiger partial charge on any atom is 0.336 e. The maximum atomic E-state index is 14.0. The molecule has 0 saturated heterocycles. The van der Waals surface area contributed by atoms with Gasteiger partial charge in [-0.05, 0) is 53.6 Å². The van der Waals surface area contributed by atoms with E-state index in [2.05, 4.69) is 0 Å². The maximum absolute atomic E-state index is 14.0. The predicted molar refractivity (Wildman–Crippen MR) is 119 cm³/mol. The summed E-state index contributed by atoms with van der Waals surface area (Å²) in [6, 6.07) is 19.8. The molecule has 3 rings (SSSR count). The lowest BCUT2D eigenvalue weighted by atomic mass is 10.0. The van der Waals surface area contributed by atoms with Crippen molar-refractivity contribution in [3.05, 3.63) is 100 Å². The van der Waals surface area contributed by atoms with Crippen LogP contribution < -0.4 is 9.47 Å². The highest BCUT2D eigenvalue weighted by atomic mass is 35.5. The van der Waals surface area contributed by atoms with Crippen LogP contribution in [0.2, 0.25) is 5.02 Å². The van der Waals surface area contributed by atoms with Crippen molar-refractivity contribution in [3.8, 4) is 17.6 Å². The lowest BCUT2D eigenvalue weighted by Gasteiger charge is -2.09. The molecular weight excluding hydrogens is 417 g/mol. The molecule has 0 N–H and O–H groups in total. The van der Waals surface area contributed by atoms with Crippen LogP contribution in [0.3, 0.4) is 0 Å². The number of hydrogen-bond donors (Lipinski definition) is 0. The Morgan fingerprint density at radius 3 is 2.42 bits per heavy atom. The molecule has 31 heavy (non-hydrogen) atoms. The molecule has 0 heterocycles. The zero-order valence-electron chi connectivity index (χ0n) is 16.5. The monoisotopic (exact) mass is 433 g/mol. The second-order valence-corrected chi connectivity index (χ2v) is 6.80. The average Bonchev–Trinajstić information content (AvgIpc) is 2.78. The first-order valence-corrected chi connectivity index (χ1v) is 9.58. The molecule has 0 saturated carbocycles. The first kappa shape index (κ1) is 21.8. The molecule has 0 spiro atoms. The number of nitriles is 1. The van der Waals surface area contributed by atoms with Gasteiger partial charge < -0.3 is 9.47 Å². The summed E-state index contributed by atoms with van der Waals surface area (Å²) >= 11 is 5.84. The quantitative estimate of drug-likeness (QED) is 0.153. The molecule has 0 radical (unpaired) electrons. The van der Waals surface area contributed by atoms with E-state index in [1.807, 2.05) is 6.07 Å². The third-order valence-electron chi connectivity index (χ3n) is 4.28. The largest absolute Gasteiger partial charge is 0.493 e. The smallest absolute Gasteiger partial charge is 0.336 e. The van der Waals surface area contributed by atoms with Gasteiger partial charge in [0.1, 0.15) is 5.82 Å². The van der Waals surface area contributed by atoms with Gasteiger partial charge >= 0.3 is 5.97 Å². The molecule has 0 atom stereocenters. The summed E-state index contributed by atoms with van der Waals surface area (Å²) < 4.78 is 24.7. The molecule has 4 nitrogen and oxygen atoms in total. The fraction of sp³-hybridized carbons (Fsp3) is 0.0400. The fourth-order valence-electron chi connectivity index (χ4n) is 2.76. The minimum Gasteiger partial charge on any atom is -0.493 e. The number of ether oxygens (including phenoxy) is 2. The van der Waals surface area contributed by atoms with Crippen LogP contribution in [-0.2, 0) is 4.79 Å². The van der Waals surface area contributed by atoms with Crippen molar-refractivity contribution in [3.63, 3.8) is 0 Å². The summed E-state index contributed by atoms with van der Waals surface area (Å²) in [5.41, 5.74) is 1.75. The Morgan fingerprint density at radius 2 is 1.74 bits per heavy atom. The van der Waals surface area contributed by atoms with Gasteiger partial charge in [-0.25, -0.2) is 9.18 Å². The van der Waals surface area contributed by atoms with Crippen molar-refractivity contribution >= 4 is 35.3 Å². The molecule has 0 bridgehead atoms. The van der Waals surface area contributed by atoms with Gasteiger partial charge in [-0.3, -0.25) is 0 Å². The van der Waals surface area contributed by atoms with E-state index in [1.165, 1.54) is 31.4 Å². The summed E-state index contributed by atoms with van der Waals surface area (Å²) in [5.74, 6) is -0.552. The Labute approximate surface area is 184 Å². The number of rotatable bonds is 6. The summed E-state index contributed by atoms with van der Waals surface area (Å²) in [7, 11) is 1.44. The molecule has 0 amide bonds. The fourth-order valence-corrected chi connectivity index (χ4v) is 2.88. The van der Waals surface area contributed by atoms with Crippen LogP contribution in [0.15, 0.2) is 72.8 Å². The van der Waals surface area contributed by atoms with Crippen molar-refractivity contribution < 1.29 is 18.7 Å². The van der Waals surface area contributed by atoms with Gasteiger partial charge in [-0.2, -0.15) is 5.26 Å². The number of carbonyl (C=O) groups excluding carboxylic acids is 1. The second kappa shape index (κ2) is 10.2. The Bertz CT molecular complexity index is 1190. The number of allylic oxidation sites excluding steroid dienone is 1. The van der Waals surface area contributed by atoms with Gasteiger partial charge in [-0.1, -0.05) is 48.0 Å². The molecule has 0 aliphatic carbocycles. The number of nitrogens with zero attached hydrogens (tertiary/aromatic N) is 1. The van der Waals surface area contributed by atoms with Crippen LogP contribution in [0, 0.1) is 17.1 Å².